The summed E-state index contributed by atoms with van der Waals surface area (Å²) in [4.78, 5) is 17.6. The minimum atomic E-state index is -0.628. The number of ether oxygens (including phenoxy) is 2. The molecule has 1 aliphatic heterocycles. The SMILES string of the molecule is C=CCOC(=O)C1C(=C)Nc2nc3ccccc3n2C1c1cccc(OC)c1. The number of imidazole rings is 1. The van der Waals surface area contributed by atoms with Gasteiger partial charge in [-0.15, -0.1) is 0 Å². The van der Waals surface area contributed by atoms with E-state index in [1.807, 2.05) is 53.1 Å². The molecule has 28 heavy (non-hydrogen) atoms. The molecule has 6 heteroatoms. The molecule has 0 bridgehead atoms. The maximum Gasteiger partial charge on any atom is 0.317 e. The quantitative estimate of drug-likeness (QED) is 0.541. The van der Waals surface area contributed by atoms with Crippen LogP contribution in [0.25, 0.3) is 11.0 Å². The number of aromatic nitrogens is 2. The van der Waals surface area contributed by atoms with Gasteiger partial charge in [-0.25, -0.2) is 4.98 Å². The number of rotatable bonds is 5. The fourth-order valence-electron chi connectivity index (χ4n) is 3.64. The predicted octanol–water partition coefficient (Wildman–Crippen LogP) is 3.92. The summed E-state index contributed by atoms with van der Waals surface area (Å²) in [5.74, 6) is 0.364. The molecule has 6 nitrogen and oxygen atoms in total. The van der Waals surface area contributed by atoms with Gasteiger partial charge in [0.2, 0.25) is 5.95 Å². The van der Waals surface area contributed by atoms with Crippen LogP contribution >= 0.6 is 0 Å². The molecule has 0 spiro atoms. The van der Waals surface area contributed by atoms with Crippen molar-refractivity contribution < 1.29 is 14.3 Å². The van der Waals surface area contributed by atoms with Crippen LogP contribution in [0.3, 0.4) is 0 Å². The fraction of sp³-hybridized carbons (Fsp3) is 0.182. The lowest BCUT2D eigenvalue weighted by Crippen LogP contribution is -2.37. The van der Waals surface area contributed by atoms with Crippen LogP contribution in [-0.4, -0.2) is 29.2 Å². The van der Waals surface area contributed by atoms with Crippen molar-refractivity contribution in [3.63, 3.8) is 0 Å². The van der Waals surface area contributed by atoms with Gasteiger partial charge in [-0.3, -0.25) is 4.79 Å². The summed E-state index contributed by atoms with van der Waals surface area (Å²) in [6, 6.07) is 15.1. The first-order chi connectivity index (χ1) is 13.6. The molecular formula is C22H21N3O3. The highest BCUT2D eigenvalue weighted by atomic mass is 16.5. The number of carbonyl (C=O) groups is 1. The van der Waals surface area contributed by atoms with Gasteiger partial charge < -0.3 is 19.4 Å². The van der Waals surface area contributed by atoms with Crippen molar-refractivity contribution in [2.75, 3.05) is 19.0 Å². The van der Waals surface area contributed by atoms with E-state index >= 15 is 0 Å². The van der Waals surface area contributed by atoms with Gasteiger partial charge >= 0.3 is 5.97 Å². The fourth-order valence-corrected chi connectivity index (χ4v) is 3.64. The summed E-state index contributed by atoms with van der Waals surface area (Å²) in [5, 5.41) is 3.18. The van der Waals surface area contributed by atoms with Gasteiger partial charge in [0.05, 0.1) is 24.2 Å². The largest absolute Gasteiger partial charge is 0.497 e. The number of carbonyl (C=O) groups excluding carboxylic acids is 1. The number of para-hydroxylation sites is 2. The van der Waals surface area contributed by atoms with Crippen molar-refractivity contribution >= 4 is 23.0 Å². The molecule has 142 valence electrons. The number of hydrogen-bond donors (Lipinski definition) is 1. The zero-order valence-electron chi connectivity index (χ0n) is 15.6. The first-order valence-corrected chi connectivity index (χ1v) is 8.98. The number of nitrogens with zero attached hydrogens (tertiary/aromatic N) is 2. The maximum absolute atomic E-state index is 12.9. The summed E-state index contributed by atoms with van der Waals surface area (Å²) in [6.45, 7) is 7.85. The lowest BCUT2D eigenvalue weighted by atomic mass is 9.88. The minimum Gasteiger partial charge on any atom is -0.497 e. The van der Waals surface area contributed by atoms with Crippen LogP contribution in [0.1, 0.15) is 11.6 Å². The molecule has 3 aromatic rings. The van der Waals surface area contributed by atoms with Crippen molar-refractivity contribution in [3.8, 4) is 5.75 Å². The van der Waals surface area contributed by atoms with Crippen LogP contribution in [0.5, 0.6) is 5.75 Å². The molecule has 0 fully saturated rings. The average molecular weight is 375 g/mol. The highest BCUT2D eigenvalue weighted by Crippen LogP contribution is 2.42. The average Bonchev–Trinajstić information content (AvgIpc) is 3.08. The molecule has 1 N–H and O–H groups in total. The van der Waals surface area contributed by atoms with Crippen LogP contribution < -0.4 is 10.1 Å². The Labute approximate surface area is 163 Å². The van der Waals surface area contributed by atoms with E-state index in [9.17, 15) is 4.79 Å². The zero-order valence-corrected chi connectivity index (χ0v) is 15.6. The Bertz CT molecular complexity index is 1070. The topological polar surface area (TPSA) is 65.4 Å². The lowest BCUT2D eigenvalue weighted by molar-refractivity contribution is -0.147. The van der Waals surface area contributed by atoms with Crippen LogP contribution in [0, 0.1) is 5.92 Å². The molecule has 2 aromatic carbocycles. The smallest absolute Gasteiger partial charge is 0.317 e. The number of hydrogen-bond acceptors (Lipinski definition) is 5. The highest BCUT2D eigenvalue weighted by Gasteiger charge is 2.40. The second-order valence-electron chi connectivity index (χ2n) is 6.56. The third-order valence-corrected chi connectivity index (χ3v) is 4.87. The summed E-state index contributed by atoms with van der Waals surface area (Å²) in [7, 11) is 1.62. The molecular weight excluding hydrogens is 354 g/mol. The van der Waals surface area contributed by atoms with E-state index in [1.165, 1.54) is 0 Å². The van der Waals surface area contributed by atoms with Crippen molar-refractivity contribution in [1.82, 2.24) is 9.55 Å². The molecule has 0 radical (unpaired) electrons. The number of anilines is 1. The van der Waals surface area contributed by atoms with Crippen molar-refractivity contribution in [3.05, 3.63) is 79.0 Å². The first-order valence-electron chi connectivity index (χ1n) is 8.98. The molecule has 1 aliphatic rings. The van der Waals surface area contributed by atoms with Crippen LogP contribution in [-0.2, 0) is 9.53 Å². The highest BCUT2D eigenvalue weighted by molar-refractivity contribution is 5.84. The Morgan fingerprint density at radius 1 is 1.29 bits per heavy atom. The van der Waals surface area contributed by atoms with Gasteiger partial charge in [0, 0.05) is 5.70 Å². The Morgan fingerprint density at radius 2 is 2.11 bits per heavy atom. The molecule has 1 aromatic heterocycles. The van der Waals surface area contributed by atoms with Crippen LogP contribution in [0.4, 0.5) is 5.95 Å². The van der Waals surface area contributed by atoms with E-state index in [2.05, 4.69) is 23.5 Å². The molecule has 2 heterocycles. The molecule has 0 aliphatic carbocycles. The molecule has 0 saturated heterocycles. The molecule has 0 saturated carbocycles. The van der Waals surface area contributed by atoms with Gasteiger partial charge in [0.15, 0.2) is 0 Å². The van der Waals surface area contributed by atoms with E-state index in [4.69, 9.17) is 9.47 Å². The van der Waals surface area contributed by atoms with Crippen molar-refractivity contribution in [2.45, 2.75) is 6.04 Å². The summed E-state index contributed by atoms with van der Waals surface area (Å²) >= 11 is 0. The Morgan fingerprint density at radius 3 is 2.89 bits per heavy atom. The minimum absolute atomic E-state index is 0.144. The van der Waals surface area contributed by atoms with Crippen molar-refractivity contribution in [2.24, 2.45) is 5.92 Å². The van der Waals surface area contributed by atoms with E-state index in [0.29, 0.717) is 17.4 Å². The Balaban J connectivity index is 1.92. The van der Waals surface area contributed by atoms with Crippen LogP contribution in [0.2, 0.25) is 0 Å². The van der Waals surface area contributed by atoms with E-state index in [1.54, 1.807) is 13.2 Å². The summed E-state index contributed by atoms with van der Waals surface area (Å²) in [5.41, 5.74) is 3.22. The Kier molecular flexibility index (Phi) is 4.61. The van der Waals surface area contributed by atoms with Gasteiger partial charge in [-0.05, 0) is 29.8 Å². The van der Waals surface area contributed by atoms with Gasteiger partial charge in [-0.1, -0.05) is 43.5 Å². The third kappa shape index (κ3) is 2.93. The number of nitrogens with one attached hydrogen (secondary N) is 1. The van der Waals surface area contributed by atoms with Gasteiger partial charge in [0.1, 0.15) is 18.3 Å². The number of benzene rings is 2. The standard InChI is InChI=1S/C22H21N3O3/c1-4-12-28-21(26)19-14(2)23-22-24-17-10-5-6-11-18(17)25(22)20(19)15-8-7-9-16(13-15)27-3/h4-11,13,19-20H,1-2,12H2,3H3,(H,23,24). The predicted molar refractivity (Wildman–Crippen MR) is 108 cm³/mol. The van der Waals surface area contributed by atoms with E-state index < -0.39 is 5.92 Å². The van der Waals surface area contributed by atoms with E-state index in [0.717, 1.165) is 16.6 Å². The second-order valence-corrected chi connectivity index (χ2v) is 6.56. The monoisotopic (exact) mass is 375 g/mol. The van der Waals surface area contributed by atoms with Gasteiger partial charge in [0.25, 0.3) is 0 Å². The van der Waals surface area contributed by atoms with Gasteiger partial charge in [-0.2, -0.15) is 0 Å². The maximum atomic E-state index is 12.9. The van der Waals surface area contributed by atoms with Crippen molar-refractivity contribution in [1.29, 1.82) is 0 Å². The summed E-state index contributed by atoms with van der Waals surface area (Å²) in [6.07, 6.45) is 1.55. The Hall–Kier alpha value is -3.54. The van der Waals surface area contributed by atoms with E-state index in [-0.39, 0.29) is 18.6 Å². The molecule has 2 unspecified atom stereocenters. The molecule has 2 atom stereocenters. The first kappa shape index (κ1) is 17.9. The summed E-state index contributed by atoms with van der Waals surface area (Å²) < 4.78 is 12.8. The molecule has 0 amide bonds. The normalized spacial score (nSPS) is 18.2. The number of methoxy groups -OCH3 is 1. The lowest BCUT2D eigenvalue weighted by Gasteiger charge is -2.35. The molecule has 4 rings (SSSR count). The second kappa shape index (κ2) is 7.23. The number of esters is 1. The van der Waals surface area contributed by atoms with Crippen LogP contribution in [0.15, 0.2) is 73.5 Å². The number of fused-ring (bicyclic) bond motifs is 3. The third-order valence-electron chi connectivity index (χ3n) is 4.87. The zero-order chi connectivity index (χ0) is 19.7.